The summed E-state index contributed by atoms with van der Waals surface area (Å²) in [7, 11) is -2.83. The summed E-state index contributed by atoms with van der Waals surface area (Å²) in [5.74, 6) is -0.549. The van der Waals surface area contributed by atoms with Crippen LogP contribution in [0.15, 0.2) is 53.4 Å². The van der Waals surface area contributed by atoms with Gasteiger partial charge in [0.1, 0.15) is 16.7 Å². The Morgan fingerprint density at radius 2 is 1.94 bits per heavy atom. The highest BCUT2D eigenvalue weighted by atomic mass is 32.2. The molecule has 2 aromatic carbocycles. The number of rotatable bonds is 9. The summed E-state index contributed by atoms with van der Waals surface area (Å²) >= 11 is 0. The molecular weight excluding hydrogens is 458 g/mol. The lowest BCUT2D eigenvalue weighted by Gasteiger charge is -2.35. The normalized spacial score (nSPS) is 17.1. The largest absolute Gasteiger partial charge is 0.495 e. The summed E-state index contributed by atoms with van der Waals surface area (Å²) in [6, 6.07) is 12.5. The molecule has 0 unspecified atom stereocenters. The lowest BCUT2D eigenvalue weighted by molar-refractivity contribution is -0.140. The highest BCUT2D eigenvalue weighted by Gasteiger charge is 2.33. The second kappa shape index (κ2) is 11.5. The molecule has 2 aromatic rings. The number of anilines is 1. The first-order valence-electron chi connectivity index (χ1n) is 11.2. The van der Waals surface area contributed by atoms with Gasteiger partial charge >= 0.3 is 0 Å². The smallest absolute Gasteiger partial charge is 0.245 e. The highest BCUT2D eigenvalue weighted by Crippen LogP contribution is 2.28. The lowest BCUT2D eigenvalue weighted by atomic mass is 10.0. The van der Waals surface area contributed by atoms with Crippen LogP contribution in [0.2, 0.25) is 0 Å². The van der Waals surface area contributed by atoms with Gasteiger partial charge in [-0.1, -0.05) is 37.3 Å². The zero-order valence-electron chi connectivity index (χ0n) is 19.6. The molecule has 2 N–H and O–H groups in total. The maximum absolute atomic E-state index is 13.5. The van der Waals surface area contributed by atoms with Crippen molar-refractivity contribution >= 4 is 27.5 Å². The summed E-state index contributed by atoms with van der Waals surface area (Å²) in [4.78, 5) is 26.4. The first kappa shape index (κ1) is 25.7. The average molecular weight is 490 g/mol. The van der Waals surface area contributed by atoms with Crippen molar-refractivity contribution in [3.8, 4) is 5.75 Å². The standard InChI is InChI=1S/C24H31N3O6S/c1-4-20-16-27(12-13-33-20)24(29)21(14-18-8-6-5-7-9-18)26-34(30,31)23-15-19(25-17(2)28)10-11-22(23)32-3/h5-11,15,20-21,26H,4,12-14,16H2,1-3H3,(H,25,28)/t20-,21-/m0/s1. The molecule has 0 radical (unpaired) electrons. The Balaban J connectivity index is 1.93. The number of amides is 2. The number of nitrogens with one attached hydrogen (secondary N) is 2. The number of hydrogen-bond acceptors (Lipinski definition) is 6. The van der Waals surface area contributed by atoms with E-state index in [1.807, 2.05) is 37.3 Å². The van der Waals surface area contributed by atoms with E-state index in [0.29, 0.717) is 25.4 Å². The van der Waals surface area contributed by atoms with E-state index in [1.54, 1.807) is 11.0 Å². The van der Waals surface area contributed by atoms with E-state index in [0.717, 1.165) is 12.0 Å². The van der Waals surface area contributed by atoms with Crippen LogP contribution >= 0.6 is 0 Å². The van der Waals surface area contributed by atoms with Crippen LogP contribution in [0.5, 0.6) is 5.75 Å². The molecule has 10 heteroatoms. The van der Waals surface area contributed by atoms with E-state index in [1.165, 1.54) is 26.2 Å². The molecule has 0 spiro atoms. The number of carbonyl (C=O) groups is 2. The maximum atomic E-state index is 13.5. The van der Waals surface area contributed by atoms with Crippen LogP contribution in [0.25, 0.3) is 0 Å². The second-order valence-electron chi connectivity index (χ2n) is 8.10. The van der Waals surface area contributed by atoms with Gasteiger partial charge in [0.2, 0.25) is 21.8 Å². The first-order valence-corrected chi connectivity index (χ1v) is 12.6. The summed E-state index contributed by atoms with van der Waals surface area (Å²) < 4.78 is 40.4. The van der Waals surface area contributed by atoms with Crippen LogP contribution in [-0.4, -0.2) is 64.1 Å². The molecule has 1 aliphatic heterocycles. The Labute approximate surface area is 200 Å². The molecule has 1 heterocycles. The molecule has 2 atom stereocenters. The van der Waals surface area contributed by atoms with Crippen LogP contribution < -0.4 is 14.8 Å². The van der Waals surface area contributed by atoms with Crippen molar-refractivity contribution in [1.82, 2.24) is 9.62 Å². The Kier molecular flexibility index (Phi) is 8.65. The number of hydrogen-bond donors (Lipinski definition) is 2. The van der Waals surface area contributed by atoms with Gasteiger partial charge in [-0.2, -0.15) is 4.72 Å². The number of benzene rings is 2. The number of sulfonamides is 1. The quantitative estimate of drug-likeness (QED) is 0.558. The molecule has 0 saturated carbocycles. The van der Waals surface area contributed by atoms with Gasteiger partial charge < -0.3 is 19.7 Å². The first-order chi connectivity index (χ1) is 16.2. The SMILES string of the molecule is CC[C@H]1CN(C(=O)[C@H](Cc2ccccc2)NS(=O)(=O)c2cc(NC(C)=O)ccc2OC)CCO1. The van der Waals surface area contributed by atoms with Gasteiger partial charge in [0.05, 0.1) is 19.8 Å². The molecule has 1 fully saturated rings. The van der Waals surface area contributed by atoms with Gasteiger partial charge in [-0.25, -0.2) is 8.42 Å². The van der Waals surface area contributed by atoms with Crippen LogP contribution in [-0.2, 0) is 30.8 Å². The van der Waals surface area contributed by atoms with Crippen molar-refractivity contribution in [3.05, 3.63) is 54.1 Å². The van der Waals surface area contributed by atoms with Crippen molar-refractivity contribution in [2.24, 2.45) is 0 Å². The third-order valence-corrected chi connectivity index (χ3v) is 7.05. The van der Waals surface area contributed by atoms with Crippen molar-refractivity contribution in [2.75, 3.05) is 32.1 Å². The number of ether oxygens (including phenoxy) is 2. The summed E-state index contributed by atoms with van der Waals surface area (Å²) in [6.07, 6.45) is 0.855. The van der Waals surface area contributed by atoms with Gasteiger partial charge in [-0.15, -0.1) is 0 Å². The van der Waals surface area contributed by atoms with Gasteiger partial charge in [0.15, 0.2) is 0 Å². The van der Waals surface area contributed by atoms with Gasteiger partial charge in [-0.05, 0) is 36.6 Å². The third kappa shape index (κ3) is 6.55. The topological polar surface area (TPSA) is 114 Å². The fourth-order valence-corrected chi connectivity index (χ4v) is 5.22. The van der Waals surface area contributed by atoms with Crippen molar-refractivity contribution < 1.29 is 27.5 Å². The van der Waals surface area contributed by atoms with Gasteiger partial charge in [-0.3, -0.25) is 9.59 Å². The van der Waals surface area contributed by atoms with Crippen LogP contribution in [0, 0.1) is 0 Å². The minimum Gasteiger partial charge on any atom is -0.495 e. The third-order valence-electron chi connectivity index (χ3n) is 5.56. The summed E-state index contributed by atoms with van der Waals surface area (Å²) in [6.45, 7) is 4.52. The van der Waals surface area contributed by atoms with Gasteiger partial charge in [0, 0.05) is 25.7 Å². The monoisotopic (exact) mass is 489 g/mol. The molecule has 0 aliphatic carbocycles. The zero-order valence-corrected chi connectivity index (χ0v) is 20.4. The summed E-state index contributed by atoms with van der Waals surface area (Å²) in [5, 5.41) is 2.57. The van der Waals surface area contributed by atoms with E-state index in [2.05, 4.69) is 10.0 Å². The molecule has 0 aromatic heterocycles. The maximum Gasteiger partial charge on any atom is 0.245 e. The summed E-state index contributed by atoms with van der Waals surface area (Å²) in [5.41, 5.74) is 1.13. The Hall–Kier alpha value is -2.95. The molecule has 1 saturated heterocycles. The molecule has 0 bridgehead atoms. The highest BCUT2D eigenvalue weighted by molar-refractivity contribution is 7.89. The zero-order chi connectivity index (χ0) is 24.7. The predicted molar refractivity (Wildman–Crippen MR) is 128 cm³/mol. The molecule has 3 rings (SSSR count). The van der Waals surface area contributed by atoms with Gasteiger partial charge in [0.25, 0.3) is 0 Å². The molecule has 9 nitrogen and oxygen atoms in total. The van der Waals surface area contributed by atoms with Crippen molar-refractivity contribution in [1.29, 1.82) is 0 Å². The number of methoxy groups -OCH3 is 1. The van der Waals surface area contributed by atoms with E-state index in [-0.39, 0.29) is 35.0 Å². The van der Waals surface area contributed by atoms with E-state index < -0.39 is 16.1 Å². The van der Waals surface area contributed by atoms with E-state index in [4.69, 9.17) is 9.47 Å². The predicted octanol–water partition coefficient (Wildman–Crippen LogP) is 2.18. The van der Waals surface area contributed by atoms with Crippen LogP contribution in [0.4, 0.5) is 5.69 Å². The minimum atomic E-state index is -4.19. The molecular formula is C24H31N3O6S. The van der Waals surface area contributed by atoms with Crippen molar-refractivity contribution in [3.63, 3.8) is 0 Å². The molecule has 34 heavy (non-hydrogen) atoms. The molecule has 1 aliphatic rings. The number of morpholine rings is 1. The number of carbonyl (C=O) groups excluding carboxylic acids is 2. The average Bonchev–Trinajstić information content (AvgIpc) is 2.83. The van der Waals surface area contributed by atoms with Crippen molar-refractivity contribution in [2.45, 2.75) is 43.7 Å². The van der Waals surface area contributed by atoms with E-state index >= 15 is 0 Å². The Morgan fingerprint density at radius 1 is 1.21 bits per heavy atom. The van der Waals surface area contributed by atoms with Crippen LogP contribution in [0.1, 0.15) is 25.8 Å². The molecule has 2 amide bonds. The Bertz CT molecular complexity index is 1110. The molecule has 184 valence electrons. The lowest BCUT2D eigenvalue weighted by Crippen LogP contribution is -2.54. The van der Waals surface area contributed by atoms with E-state index in [9.17, 15) is 18.0 Å². The number of nitrogens with zero attached hydrogens (tertiary/aromatic N) is 1. The fraction of sp³-hybridized carbons (Fsp3) is 0.417. The van der Waals surface area contributed by atoms with Crippen LogP contribution in [0.3, 0.4) is 0 Å². The fourth-order valence-electron chi connectivity index (χ4n) is 3.83. The minimum absolute atomic E-state index is 0.0823. The Morgan fingerprint density at radius 3 is 2.59 bits per heavy atom. The second-order valence-corrected chi connectivity index (χ2v) is 9.78.